The Labute approximate surface area is 102 Å². The van der Waals surface area contributed by atoms with Gasteiger partial charge in [-0.3, -0.25) is 0 Å². The highest BCUT2D eigenvalue weighted by Crippen LogP contribution is 2.11. The van der Waals surface area contributed by atoms with Crippen molar-refractivity contribution in [3.8, 4) is 0 Å². The number of rotatable bonds is 7. The first-order valence-corrected chi connectivity index (χ1v) is 7.12. The van der Waals surface area contributed by atoms with Gasteiger partial charge in [-0.1, -0.05) is 6.07 Å². The molecule has 2 N–H and O–H groups in total. The van der Waals surface area contributed by atoms with E-state index in [-0.39, 0.29) is 0 Å². The lowest BCUT2D eigenvalue weighted by Crippen LogP contribution is -2.17. The molecule has 1 aromatic rings. The number of hydrogen-bond donors (Lipinski definition) is 2. The summed E-state index contributed by atoms with van der Waals surface area (Å²) in [6, 6.07) is 6.49. The minimum absolute atomic E-state index is 0.469. The third kappa shape index (κ3) is 4.75. The summed E-state index contributed by atoms with van der Waals surface area (Å²) in [5.41, 5.74) is 0. The molecule has 0 saturated heterocycles. The molecule has 1 atom stereocenters. The van der Waals surface area contributed by atoms with Gasteiger partial charge in [-0.2, -0.15) is 11.8 Å². The van der Waals surface area contributed by atoms with Crippen LogP contribution in [0.25, 0.3) is 0 Å². The second-order valence-corrected chi connectivity index (χ2v) is 4.75. The second kappa shape index (κ2) is 7.39. The number of anilines is 2. The van der Waals surface area contributed by atoms with Crippen LogP contribution in [0.1, 0.15) is 20.3 Å². The molecular formula is C12H21N3S. The molecule has 3 nitrogen and oxygen atoms in total. The molecule has 1 heterocycles. The van der Waals surface area contributed by atoms with Crippen LogP contribution in [-0.4, -0.2) is 29.6 Å². The quantitative estimate of drug-likeness (QED) is 0.767. The minimum atomic E-state index is 0.469. The Morgan fingerprint density at radius 2 is 2.12 bits per heavy atom. The van der Waals surface area contributed by atoms with Crippen molar-refractivity contribution in [2.75, 3.05) is 29.2 Å². The molecule has 0 aliphatic rings. The topological polar surface area (TPSA) is 37.0 Å². The fourth-order valence-corrected chi connectivity index (χ4v) is 2.00. The van der Waals surface area contributed by atoms with Crippen LogP contribution in [0.15, 0.2) is 18.2 Å². The molecule has 0 radical (unpaired) electrons. The molecule has 0 aliphatic carbocycles. The highest BCUT2D eigenvalue weighted by molar-refractivity contribution is 7.98. The van der Waals surface area contributed by atoms with E-state index in [0.29, 0.717) is 6.04 Å². The fraction of sp³-hybridized carbons (Fsp3) is 0.583. The number of nitrogens with one attached hydrogen (secondary N) is 2. The van der Waals surface area contributed by atoms with E-state index >= 15 is 0 Å². The SMILES string of the molecule is CCNc1cccc(NC(C)CCSC)n1. The predicted octanol–water partition coefficient (Wildman–Crippen LogP) is 3.07. The number of thioether (sulfide) groups is 1. The van der Waals surface area contributed by atoms with E-state index in [1.54, 1.807) is 0 Å². The third-order valence-corrected chi connectivity index (χ3v) is 2.90. The highest BCUT2D eigenvalue weighted by Gasteiger charge is 2.02. The molecule has 0 aliphatic heterocycles. The summed E-state index contributed by atoms with van der Waals surface area (Å²) in [7, 11) is 0. The number of hydrogen-bond acceptors (Lipinski definition) is 4. The molecule has 0 bridgehead atoms. The second-order valence-electron chi connectivity index (χ2n) is 3.77. The van der Waals surface area contributed by atoms with Crippen LogP contribution in [0.5, 0.6) is 0 Å². The highest BCUT2D eigenvalue weighted by atomic mass is 32.2. The standard InChI is InChI=1S/C12H21N3S/c1-4-13-11-6-5-7-12(15-11)14-10(2)8-9-16-3/h5-7,10H,4,8-9H2,1-3H3,(H2,13,14,15). The summed E-state index contributed by atoms with van der Waals surface area (Å²) in [5.74, 6) is 3.07. The van der Waals surface area contributed by atoms with E-state index in [2.05, 4.69) is 35.7 Å². The van der Waals surface area contributed by atoms with Crippen LogP contribution in [-0.2, 0) is 0 Å². The van der Waals surface area contributed by atoms with E-state index in [1.165, 1.54) is 5.75 Å². The lowest BCUT2D eigenvalue weighted by Gasteiger charge is -2.14. The summed E-state index contributed by atoms with van der Waals surface area (Å²) in [5, 5.41) is 6.62. The van der Waals surface area contributed by atoms with Crippen molar-refractivity contribution in [2.45, 2.75) is 26.3 Å². The average molecular weight is 239 g/mol. The molecule has 1 rings (SSSR count). The van der Waals surface area contributed by atoms with Gasteiger partial charge in [-0.25, -0.2) is 4.98 Å². The van der Waals surface area contributed by atoms with Crippen LogP contribution in [0, 0.1) is 0 Å². The van der Waals surface area contributed by atoms with Crippen molar-refractivity contribution in [2.24, 2.45) is 0 Å². The maximum Gasteiger partial charge on any atom is 0.128 e. The van der Waals surface area contributed by atoms with E-state index in [0.717, 1.165) is 24.6 Å². The van der Waals surface area contributed by atoms with Crippen molar-refractivity contribution in [1.82, 2.24) is 4.98 Å². The average Bonchev–Trinajstić information content (AvgIpc) is 2.27. The Bertz CT molecular complexity index is 304. The minimum Gasteiger partial charge on any atom is -0.370 e. The molecule has 0 aromatic carbocycles. The number of pyridine rings is 1. The van der Waals surface area contributed by atoms with Gasteiger partial charge in [0.2, 0.25) is 0 Å². The predicted molar refractivity (Wildman–Crippen MR) is 74.5 cm³/mol. The van der Waals surface area contributed by atoms with Gasteiger partial charge in [0, 0.05) is 12.6 Å². The number of aromatic nitrogens is 1. The molecule has 16 heavy (non-hydrogen) atoms. The van der Waals surface area contributed by atoms with Gasteiger partial charge in [0.05, 0.1) is 0 Å². The number of nitrogens with zero attached hydrogens (tertiary/aromatic N) is 1. The Hall–Kier alpha value is -0.900. The largest absolute Gasteiger partial charge is 0.370 e. The van der Waals surface area contributed by atoms with Crippen LogP contribution >= 0.6 is 11.8 Å². The fourth-order valence-electron chi connectivity index (χ4n) is 1.41. The Balaban J connectivity index is 2.49. The third-order valence-electron chi connectivity index (χ3n) is 2.26. The zero-order valence-corrected chi connectivity index (χ0v) is 11.1. The van der Waals surface area contributed by atoms with Crippen molar-refractivity contribution in [1.29, 1.82) is 0 Å². The summed E-state index contributed by atoms with van der Waals surface area (Å²) in [6.45, 7) is 5.17. The lowest BCUT2D eigenvalue weighted by molar-refractivity contribution is 0.767. The molecule has 0 amide bonds. The molecule has 90 valence electrons. The van der Waals surface area contributed by atoms with Gasteiger partial charge >= 0.3 is 0 Å². The van der Waals surface area contributed by atoms with Gasteiger partial charge < -0.3 is 10.6 Å². The van der Waals surface area contributed by atoms with Crippen molar-refractivity contribution < 1.29 is 0 Å². The maximum atomic E-state index is 4.48. The molecule has 0 spiro atoms. The van der Waals surface area contributed by atoms with Crippen molar-refractivity contribution in [3.63, 3.8) is 0 Å². The van der Waals surface area contributed by atoms with Crippen LogP contribution in [0.3, 0.4) is 0 Å². The van der Waals surface area contributed by atoms with Crippen molar-refractivity contribution >= 4 is 23.4 Å². The van der Waals surface area contributed by atoms with Crippen LogP contribution < -0.4 is 10.6 Å². The summed E-state index contributed by atoms with van der Waals surface area (Å²) < 4.78 is 0. The first-order chi connectivity index (χ1) is 7.76. The van der Waals surface area contributed by atoms with Gasteiger partial charge in [0.15, 0.2) is 0 Å². The molecular weight excluding hydrogens is 218 g/mol. The smallest absolute Gasteiger partial charge is 0.128 e. The van der Waals surface area contributed by atoms with Crippen LogP contribution in [0.4, 0.5) is 11.6 Å². The maximum absolute atomic E-state index is 4.48. The van der Waals surface area contributed by atoms with E-state index in [4.69, 9.17) is 0 Å². The zero-order chi connectivity index (χ0) is 11.8. The van der Waals surface area contributed by atoms with E-state index in [1.807, 2.05) is 30.0 Å². The van der Waals surface area contributed by atoms with Gasteiger partial charge in [-0.05, 0) is 44.4 Å². The molecule has 0 saturated carbocycles. The summed E-state index contributed by atoms with van der Waals surface area (Å²) in [6.07, 6.45) is 3.30. The monoisotopic (exact) mass is 239 g/mol. The van der Waals surface area contributed by atoms with Crippen LogP contribution in [0.2, 0.25) is 0 Å². The Kier molecular flexibility index (Phi) is 6.08. The Morgan fingerprint density at radius 1 is 1.38 bits per heavy atom. The summed E-state index contributed by atoms with van der Waals surface area (Å²) >= 11 is 1.88. The Morgan fingerprint density at radius 3 is 2.81 bits per heavy atom. The van der Waals surface area contributed by atoms with Crippen molar-refractivity contribution in [3.05, 3.63) is 18.2 Å². The molecule has 1 unspecified atom stereocenters. The molecule has 1 aromatic heterocycles. The molecule has 0 fully saturated rings. The first kappa shape index (κ1) is 13.2. The van der Waals surface area contributed by atoms with Gasteiger partial charge in [0.1, 0.15) is 11.6 Å². The lowest BCUT2D eigenvalue weighted by atomic mass is 10.2. The first-order valence-electron chi connectivity index (χ1n) is 5.72. The summed E-state index contributed by atoms with van der Waals surface area (Å²) in [4.78, 5) is 4.48. The normalized spacial score (nSPS) is 12.2. The molecule has 4 heteroatoms. The van der Waals surface area contributed by atoms with Gasteiger partial charge in [0.25, 0.3) is 0 Å². The zero-order valence-electron chi connectivity index (χ0n) is 10.3. The van der Waals surface area contributed by atoms with Gasteiger partial charge in [-0.15, -0.1) is 0 Å². The van der Waals surface area contributed by atoms with E-state index < -0.39 is 0 Å². The van der Waals surface area contributed by atoms with E-state index in [9.17, 15) is 0 Å².